The molecule has 0 rings (SSSR count). The Hall–Kier alpha value is -0.340. The lowest BCUT2D eigenvalue weighted by Crippen LogP contribution is -2.32. The lowest BCUT2D eigenvalue weighted by atomic mass is 9.96. The van der Waals surface area contributed by atoms with Crippen molar-refractivity contribution in [2.45, 2.75) is 46.6 Å². The highest BCUT2D eigenvalue weighted by atomic mass is 16.3. The van der Waals surface area contributed by atoms with E-state index >= 15 is 0 Å². The molecule has 0 aliphatic carbocycles. The molecule has 2 N–H and O–H groups in total. The van der Waals surface area contributed by atoms with E-state index in [0.717, 1.165) is 19.4 Å². The first kappa shape index (κ1) is 13.7. The Morgan fingerprint density at radius 1 is 1.29 bits per heavy atom. The van der Waals surface area contributed by atoms with Crippen molar-refractivity contribution in [3.05, 3.63) is 11.6 Å². The second kappa shape index (κ2) is 8.01. The van der Waals surface area contributed by atoms with Crippen molar-refractivity contribution in [1.29, 1.82) is 0 Å². The lowest BCUT2D eigenvalue weighted by molar-refractivity contribution is 0.102. The van der Waals surface area contributed by atoms with E-state index in [1.807, 2.05) is 0 Å². The molecule has 0 saturated carbocycles. The fourth-order valence-corrected chi connectivity index (χ4v) is 1.51. The van der Waals surface area contributed by atoms with Gasteiger partial charge in [-0.05, 0) is 19.8 Å². The van der Waals surface area contributed by atoms with E-state index in [1.165, 1.54) is 5.57 Å². The largest absolute Gasteiger partial charge is 0.392 e. The second-order valence-corrected chi connectivity index (χ2v) is 4.08. The summed E-state index contributed by atoms with van der Waals surface area (Å²) in [6, 6.07) is 0. The van der Waals surface area contributed by atoms with Crippen molar-refractivity contribution < 1.29 is 5.11 Å². The monoisotopic (exact) mass is 199 g/mol. The van der Waals surface area contributed by atoms with Gasteiger partial charge in [0, 0.05) is 13.1 Å². The molecule has 2 heteroatoms. The first-order valence-corrected chi connectivity index (χ1v) is 5.63. The Balaban J connectivity index is 3.62. The fraction of sp³-hybridized carbons (Fsp3) is 0.833. The van der Waals surface area contributed by atoms with Gasteiger partial charge in [0.2, 0.25) is 0 Å². The number of rotatable bonds is 7. The summed E-state index contributed by atoms with van der Waals surface area (Å²) < 4.78 is 0. The topological polar surface area (TPSA) is 32.3 Å². The van der Waals surface area contributed by atoms with Crippen molar-refractivity contribution in [1.82, 2.24) is 5.32 Å². The quantitative estimate of drug-likeness (QED) is 0.487. The van der Waals surface area contributed by atoms with Crippen molar-refractivity contribution in [2.75, 3.05) is 13.1 Å². The smallest absolute Gasteiger partial charge is 0.0692 e. The Bertz CT molecular complexity index is 158. The summed E-state index contributed by atoms with van der Waals surface area (Å²) in [5.74, 6) is 0.439. The van der Waals surface area contributed by atoms with Crippen LogP contribution in [0.1, 0.15) is 40.5 Å². The van der Waals surface area contributed by atoms with Gasteiger partial charge in [0.25, 0.3) is 0 Å². The minimum Gasteiger partial charge on any atom is -0.392 e. The van der Waals surface area contributed by atoms with Gasteiger partial charge in [0.05, 0.1) is 6.10 Å². The van der Waals surface area contributed by atoms with Crippen LogP contribution in [0.4, 0.5) is 0 Å². The molecule has 0 radical (unpaired) electrons. The molecule has 14 heavy (non-hydrogen) atoms. The predicted octanol–water partition coefficient (Wildman–Crippen LogP) is 2.34. The number of hydrogen-bond donors (Lipinski definition) is 2. The Kier molecular flexibility index (Phi) is 7.81. The molecule has 0 fully saturated rings. The first-order chi connectivity index (χ1) is 6.61. The molecule has 1 unspecified atom stereocenters. The summed E-state index contributed by atoms with van der Waals surface area (Å²) in [4.78, 5) is 0. The van der Waals surface area contributed by atoms with E-state index in [4.69, 9.17) is 0 Å². The Morgan fingerprint density at radius 2 is 1.86 bits per heavy atom. The third kappa shape index (κ3) is 6.17. The van der Waals surface area contributed by atoms with Crippen LogP contribution in [0, 0.1) is 5.92 Å². The zero-order chi connectivity index (χ0) is 11.0. The van der Waals surface area contributed by atoms with Gasteiger partial charge in [-0.25, -0.2) is 0 Å². The molecule has 0 spiro atoms. The standard InChI is InChI=1S/C12H25NO/c1-5-11(6-2)12(14)9-13-8-7-10(3)4/h7,11-14H,5-6,8-9H2,1-4H3. The zero-order valence-corrected chi connectivity index (χ0v) is 10.0. The molecule has 0 aromatic rings. The van der Waals surface area contributed by atoms with Gasteiger partial charge in [-0.3, -0.25) is 0 Å². The van der Waals surface area contributed by atoms with Crippen molar-refractivity contribution >= 4 is 0 Å². The van der Waals surface area contributed by atoms with E-state index < -0.39 is 0 Å². The maximum Gasteiger partial charge on any atom is 0.0692 e. The molecule has 0 saturated heterocycles. The maximum absolute atomic E-state index is 9.79. The highest BCUT2D eigenvalue weighted by Crippen LogP contribution is 2.11. The third-order valence-electron chi connectivity index (χ3n) is 2.60. The minimum atomic E-state index is -0.199. The minimum absolute atomic E-state index is 0.199. The van der Waals surface area contributed by atoms with E-state index in [-0.39, 0.29) is 6.10 Å². The van der Waals surface area contributed by atoms with Gasteiger partial charge in [0.15, 0.2) is 0 Å². The van der Waals surface area contributed by atoms with Crippen LogP contribution in [0.15, 0.2) is 11.6 Å². The average molecular weight is 199 g/mol. The molecule has 0 amide bonds. The predicted molar refractivity (Wildman–Crippen MR) is 62.4 cm³/mol. The molecule has 1 atom stereocenters. The number of allylic oxidation sites excluding steroid dienone is 1. The highest BCUT2D eigenvalue weighted by Gasteiger charge is 2.13. The van der Waals surface area contributed by atoms with Crippen LogP contribution in [0.3, 0.4) is 0 Å². The molecule has 0 heterocycles. The van der Waals surface area contributed by atoms with Crippen molar-refractivity contribution in [3.63, 3.8) is 0 Å². The van der Waals surface area contributed by atoms with Crippen molar-refractivity contribution in [3.8, 4) is 0 Å². The van der Waals surface area contributed by atoms with Crippen LogP contribution < -0.4 is 5.32 Å². The van der Waals surface area contributed by atoms with Crippen LogP contribution in [-0.2, 0) is 0 Å². The number of aliphatic hydroxyl groups is 1. The van der Waals surface area contributed by atoms with Gasteiger partial charge >= 0.3 is 0 Å². The molecule has 0 aromatic heterocycles. The van der Waals surface area contributed by atoms with Gasteiger partial charge in [-0.1, -0.05) is 38.3 Å². The van der Waals surface area contributed by atoms with Crippen LogP contribution in [0.2, 0.25) is 0 Å². The first-order valence-electron chi connectivity index (χ1n) is 5.63. The summed E-state index contributed by atoms with van der Waals surface area (Å²) in [5, 5.41) is 13.0. The zero-order valence-electron chi connectivity index (χ0n) is 10.0. The summed E-state index contributed by atoms with van der Waals surface area (Å²) in [7, 11) is 0. The molecule has 0 aliphatic heterocycles. The Labute approximate surface area is 88.4 Å². The summed E-state index contributed by atoms with van der Waals surface area (Å²) in [6.07, 6.45) is 4.06. The van der Waals surface area contributed by atoms with Crippen LogP contribution in [0.5, 0.6) is 0 Å². The molecule has 0 aliphatic rings. The number of aliphatic hydroxyl groups excluding tert-OH is 1. The third-order valence-corrected chi connectivity index (χ3v) is 2.60. The number of nitrogens with one attached hydrogen (secondary N) is 1. The SMILES string of the molecule is CCC(CC)C(O)CNCC=C(C)C. The van der Waals surface area contributed by atoms with E-state index in [1.54, 1.807) is 0 Å². The van der Waals surface area contributed by atoms with E-state index in [9.17, 15) is 5.11 Å². The molecular weight excluding hydrogens is 174 g/mol. The van der Waals surface area contributed by atoms with Gasteiger partial charge in [-0.15, -0.1) is 0 Å². The second-order valence-electron chi connectivity index (χ2n) is 4.08. The molecular formula is C12H25NO. The summed E-state index contributed by atoms with van der Waals surface area (Å²) >= 11 is 0. The normalized spacial score (nSPS) is 13.0. The summed E-state index contributed by atoms with van der Waals surface area (Å²) in [5.41, 5.74) is 1.31. The van der Waals surface area contributed by atoms with E-state index in [0.29, 0.717) is 12.5 Å². The van der Waals surface area contributed by atoms with E-state index in [2.05, 4.69) is 39.1 Å². The molecule has 84 valence electrons. The van der Waals surface area contributed by atoms with Crippen LogP contribution >= 0.6 is 0 Å². The number of hydrogen-bond acceptors (Lipinski definition) is 2. The van der Waals surface area contributed by atoms with Gasteiger partial charge < -0.3 is 10.4 Å². The lowest BCUT2D eigenvalue weighted by Gasteiger charge is -2.19. The Morgan fingerprint density at radius 3 is 2.29 bits per heavy atom. The van der Waals surface area contributed by atoms with Crippen LogP contribution in [-0.4, -0.2) is 24.3 Å². The molecule has 2 nitrogen and oxygen atoms in total. The van der Waals surface area contributed by atoms with Gasteiger partial charge in [-0.2, -0.15) is 0 Å². The van der Waals surface area contributed by atoms with Crippen molar-refractivity contribution in [2.24, 2.45) is 5.92 Å². The maximum atomic E-state index is 9.79. The van der Waals surface area contributed by atoms with Gasteiger partial charge in [0.1, 0.15) is 0 Å². The molecule has 0 bridgehead atoms. The molecule has 0 aromatic carbocycles. The fourth-order valence-electron chi connectivity index (χ4n) is 1.51. The summed E-state index contributed by atoms with van der Waals surface area (Å²) in [6.45, 7) is 9.99. The average Bonchev–Trinajstić information content (AvgIpc) is 2.14. The van der Waals surface area contributed by atoms with Crippen LogP contribution in [0.25, 0.3) is 0 Å². The highest BCUT2D eigenvalue weighted by molar-refractivity contribution is 4.94.